The molecular formula is C21H30NO6P. The predicted octanol–water partition coefficient (Wildman–Crippen LogP) is 3.19. The molecule has 29 heavy (non-hydrogen) atoms. The fraction of sp³-hybridized carbons (Fsp3) is 0.429. The van der Waals surface area contributed by atoms with Crippen LogP contribution in [0.5, 0.6) is 17.2 Å². The van der Waals surface area contributed by atoms with Crippen LogP contribution in [0.1, 0.15) is 24.1 Å². The van der Waals surface area contributed by atoms with Crippen LogP contribution >= 0.6 is 7.37 Å². The first kappa shape index (κ1) is 23.2. The lowest BCUT2D eigenvalue weighted by Gasteiger charge is -2.21. The fourth-order valence-electron chi connectivity index (χ4n) is 3.11. The summed E-state index contributed by atoms with van der Waals surface area (Å²) in [5.74, 6) is 1.59. The predicted molar refractivity (Wildman–Crippen MR) is 113 cm³/mol. The topological polar surface area (TPSA) is 97.2 Å². The zero-order chi connectivity index (χ0) is 21.4. The van der Waals surface area contributed by atoms with Crippen molar-refractivity contribution in [1.29, 1.82) is 0 Å². The van der Waals surface area contributed by atoms with Crippen LogP contribution in [0.2, 0.25) is 0 Å². The Hall–Kier alpha value is -2.05. The number of aliphatic hydroxyl groups is 1. The molecule has 0 fully saturated rings. The van der Waals surface area contributed by atoms with Gasteiger partial charge in [0.2, 0.25) is 13.1 Å². The van der Waals surface area contributed by atoms with E-state index in [1.54, 1.807) is 33.5 Å². The fourth-order valence-corrected chi connectivity index (χ4v) is 4.81. The monoisotopic (exact) mass is 423 g/mol. The third kappa shape index (κ3) is 6.75. The van der Waals surface area contributed by atoms with Crippen molar-refractivity contribution in [1.82, 2.24) is 5.32 Å². The summed E-state index contributed by atoms with van der Waals surface area (Å²) in [5, 5.41) is 13.5. The van der Waals surface area contributed by atoms with E-state index in [0.29, 0.717) is 17.2 Å². The molecule has 7 nitrogen and oxygen atoms in total. The van der Waals surface area contributed by atoms with Crippen LogP contribution in [0, 0.1) is 0 Å². The molecule has 0 amide bonds. The molecule has 2 rings (SSSR count). The molecule has 2 aromatic rings. The second kappa shape index (κ2) is 10.6. The van der Waals surface area contributed by atoms with E-state index >= 15 is 0 Å². The van der Waals surface area contributed by atoms with Gasteiger partial charge in [-0.15, -0.1) is 0 Å². The minimum absolute atomic E-state index is 0.0489. The molecule has 3 N–H and O–H groups in total. The molecule has 0 aromatic heterocycles. The van der Waals surface area contributed by atoms with Gasteiger partial charge in [0.05, 0.1) is 33.6 Å². The number of ether oxygens (including phenoxy) is 3. The summed E-state index contributed by atoms with van der Waals surface area (Å²) in [6, 6.07) is 12.6. The summed E-state index contributed by atoms with van der Waals surface area (Å²) in [4.78, 5) is 10.2. The summed E-state index contributed by atoms with van der Waals surface area (Å²) < 4.78 is 28.5. The molecule has 8 heteroatoms. The quantitative estimate of drug-likeness (QED) is 0.478. The Bertz CT molecular complexity index is 804. The molecule has 0 spiro atoms. The number of rotatable bonds is 11. The third-order valence-corrected chi connectivity index (χ3v) is 6.47. The molecule has 0 aliphatic rings. The molecule has 0 aliphatic carbocycles. The summed E-state index contributed by atoms with van der Waals surface area (Å²) >= 11 is 0. The summed E-state index contributed by atoms with van der Waals surface area (Å²) in [6.45, 7) is 2.10. The average Bonchev–Trinajstić information content (AvgIpc) is 2.70. The molecular weight excluding hydrogens is 393 g/mol. The van der Waals surface area contributed by atoms with Crippen molar-refractivity contribution < 1.29 is 28.8 Å². The van der Waals surface area contributed by atoms with Crippen molar-refractivity contribution in [2.24, 2.45) is 0 Å². The number of methoxy groups -OCH3 is 3. The van der Waals surface area contributed by atoms with Crippen molar-refractivity contribution in [2.75, 3.05) is 34.0 Å². The lowest BCUT2D eigenvalue weighted by molar-refractivity contribution is 0.186. The van der Waals surface area contributed by atoms with Gasteiger partial charge < -0.3 is 29.5 Å². The lowest BCUT2D eigenvalue weighted by Crippen LogP contribution is -2.31. The zero-order valence-electron chi connectivity index (χ0n) is 17.3. The molecule has 0 aliphatic heterocycles. The Morgan fingerprint density at radius 2 is 1.62 bits per heavy atom. The maximum Gasteiger partial charge on any atom is 0.207 e. The van der Waals surface area contributed by atoms with Crippen LogP contribution in [0.15, 0.2) is 42.5 Å². The highest BCUT2D eigenvalue weighted by atomic mass is 31.2. The molecule has 1 unspecified atom stereocenters. The standard InChI is InChI=1S/C21H30NO6P/c1-15(17-10-19(26-2)21(28-4)20(11-17)27-3)22-12-18(23)14-29(24,25)13-16-8-6-5-7-9-16/h5-11,15,18,22-23H,12-14H2,1-4H3,(H,24,25)/t15-,18-/m0/s1. The maximum absolute atomic E-state index is 12.5. The van der Waals surface area contributed by atoms with Crippen molar-refractivity contribution in [3.05, 3.63) is 53.6 Å². The van der Waals surface area contributed by atoms with Crippen LogP contribution in [0.25, 0.3) is 0 Å². The number of hydrogen-bond donors (Lipinski definition) is 3. The van der Waals surface area contributed by atoms with Gasteiger partial charge in [0.15, 0.2) is 11.5 Å². The highest BCUT2D eigenvalue weighted by molar-refractivity contribution is 7.57. The first-order valence-corrected chi connectivity index (χ1v) is 11.4. The van der Waals surface area contributed by atoms with Crippen LogP contribution in [-0.4, -0.2) is 50.1 Å². The van der Waals surface area contributed by atoms with E-state index in [-0.39, 0.29) is 24.9 Å². The Balaban J connectivity index is 1.97. The normalized spacial score (nSPS) is 15.2. The van der Waals surface area contributed by atoms with Crippen molar-refractivity contribution >= 4 is 7.37 Å². The van der Waals surface area contributed by atoms with E-state index in [1.165, 1.54) is 0 Å². The van der Waals surface area contributed by atoms with E-state index in [4.69, 9.17) is 14.2 Å². The smallest absolute Gasteiger partial charge is 0.207 e. The number of benzene rings is 2. The minimum atomic E-state index is -3.49. The molecule has 160 valence electrons. The van der Waals surface area contributed by atoms with Gasteiger partial charge in [0, 0.05) is 18.7 Å². The Morgan fingerprint density at radius 3 is 2.14 bits per heavy atom. The first-order valence-electron chi connectivity index (χ1n) is 9.35. The second-order valence-electron chi connectivity index (χ2n) is 6.92. The second-order valence-corrected chi connectivity index (χ2v) is 9.29. The summed E-state index contributed by atoms with van der Waals surface area (Å²) in [6.07, 6.45) is -1.07. The van der Waals surface area contributed by atoms with E-state index in [9.17, 15) is 14.6 Å². The van der Waals surface area contributed by atoms with Gasteiger partial charge in [-0.05, 0) is 30.2 Å². The van der Waals surface area contributed by atoms with Crippen LogP contribution in [-0.2, 0) is 10.7 Å². The lowest BCUT2D eigenvalue weighted by atomic mass is 10.1. The summed E-state index contributed by atoms with van der Waals surface area (Å²) in [7, 11) is 1.16. The third-order valence-electron chi connectivity index (χ3n) is 4.62. The molecule has 0 saturated heterocycles. The largest absolute Gasteiger partial charge is 0.493 e. The molecule has 3 atom stereocenters. The van der Waals surface area contributed by atoms with E-state index in [1.807, 2.05) is 37.3 Å². The molecule has 0 radical (unpaired) electrons. The first-order chi connectivity index (χ1) is 13.8. The SMILES string of the molecule is COc1cc([C@H](C)NC[C@H](O)CP(=O)(O)Cc2ccccc2)cc(OC)c1OC. The van der Waals surface area contributed by atoms with E-state index < -0.39 is 13.5 Å². The van der Waals surface area contributed by atoms with Gasteiger partial charge in [-0.3, -0.25) is 4.57 Å². The highest BCUT2D eigenvalue weighted by Gasteiger charge is 2.24. The average molecular weight is 423 g/mol. The Morgan fingerprint density at radius 1 is 1.03 bits per heavy atom. The number of hydrogen-bond acceptors (Lipinski definition) is 6. The molecule has 2 aromatic carbocycles. The van der Waals surface area contributed by atoms with Gasteiger partial charge in [-0.2, -0.15) is 0 Å². The molecule has 0 saturated carbocycles. The molecule has 0 bridgehead atoms. The Kier molecular flexibility index (Phi) is 8.53. The van der Waals surface area contributed by atoms with Gasteiger partial charge in [-0.1, -0.05) is 30.3 Å². The Labute approximate surface area is 172 Å². The highest BCUT2D eigenvalue weighted by Crippen LogP contribution is 2.45. The molecule has 0 heterocycles. The van der Waals surface area contributed by atoms with Crippen molar-refractivity contribution in [3.8, 4) is 17.2 Å². The van der Waals surface area contributed by atoms with E-state index in [0.717, 1.165) is 11.1 Å². The van der Waals surface area contributed by atoms with E-state index in [2.05, 4.69) is 5.32 Å². The van der Waals surface area contributed by atoms with Crippen molar-refractivity contribution in [2.45, 2.75) is 25.2 Å². The van der Waals surface area contributed by atoms with Gasteiger partial charge in [0.25, 0.3) is 0 Å². The minimum Gasteiger partial charge on any atom is -0.493 e. The maximum atomic E-state index is 12.5. The van der Waals surface area contributed by atoms with Crippen LogP contribution in [0.4, 0.5) is 0 Å². The number of nitrogens with one attached hydrogen (secondary N) is 1. The van der Waals surface area contributed by atoms with Crippen LogP contribution < -0.4 is 19.5 Å². The zero-order valence-corrected chi connectivity index (χ0v) is 18.2. The van der Waals surface area contributed by atoms with Gasteiger partial charge in [0.1, 0.15) is 0 Å². The van der Waals surface area contributed by atoms with Crippen LogP contribution in [0.3, 0.4) is 0 Å². The van der Waals surface area contributed by atoms with Gasteiger partial charge >= 0.3 is 0 Å². The number of aliphatic hydroxyl groups excluding tert-OH is 1. The summed E-state index contributed by atoms with van der Waals surface area (Å²) in [5.41, 5.74) is 1.66. The van der Waals surface area contributed by atoms with Crippen molar-refractivity contribution in [3.63, 3.8) is 0 Å². The van der Waals surface area contributed by atoms with Gasteiger partial charge in [-0.25, -0.2) is 0 Å².